The van der Waals surface area contributed by atoms with E-state index in [1.54, 1.807) is 6.92 Å². The third-order valence-corrected chi connectivity index (χ3v) is 8.16. The van der Waals surface area contributed by atoms with Gasteiger partial charge in [0, 0.05) is 35.2 Å². The minimum Gasteiger partial charge on any atom is -0.450 e. The Hall–Kier alpha value is -5.99. The van der Waals surface area contributed by atoms with Crippen molar-refractivity contribution in [1.29, 1.82) is 10.5 Å². The molecular weight excluding hydrogens is 584 g/mol. The number of ether oxygens (including phenoxy) is 1. The minimum atomic E-state index is -0.476. The molecule has 0 atom stereocenters. The van der Waals surface area contributed by atoms with Crippen LogP contribution in [0, 0.1) is 36.5 Å². The molecule has 6 aromatic rings. The zero-order valence-corrected chi connectivity index (χ0v) is 27.4. The van der Waals surface area contributed by atoms with Gasteiger partial charge in [0.2, 0.25) is 0 Å². The number of anilines is 2. The first-order chi connectivity index (χ1) is 22.7. The number of nitriles is 2. The molecule has 0 saturated heterocycles. The molecule has 2 aromatic heterocycles. The van der Waals surface area contributed by atoms with Crippen LogP contribution in [0.15, 0.2) is 84.9 Å². The van der Waals surface area contributed by atoms with Crippen molar-refractivity contribution >= 4 is 39.3 Å². The lowest BCUT2D eigenvalue weighted by Crippen LogP contribution is -2.13. The highest BCUT2D eigenvalue weighted by Crippen LogP contribution is 2.36. The van der Waals surface area contributed by atoms with Gasteiger partial charge in [0.05, 0.1) is 40.2 Å². The van der Waals surface area contributed by atoms with Gasteiger partial charge in [-0.3, -0.25) is 5.32 Å². The van der Waals surface area contributed by atoms with Crippen LogP contribution < -0.4 is 11.1 Å². The number of rotatable bonds is 6. The van der Waals surface area contributed by atoms with Crippen molar-refractivity contribution in [2.75, 3.05) is 17.7 Å². The number of amides is 1. The predicted molar refractivity (Wildman–Crippen MR) is 190 cm³/mol. The second-order valence-corrected chi connectivity index (χ2v) is 11.2. The highest BCUT2D eigenvalue weighted by atomic mass is 16.5. The molecule has 0 aliphatic heterocycles. The highest BCUT2D eigenvalue weighted by Gasteiger charge is 2.19. The number of aryl methyl sites for hydroxylation is 4. The number of nitrogens with two attached hydrogens (primary N) is 1. The summed E-state index contributed by atoms with van der Waals surface area (Å²) in [5, 5.41) is 24.0. The zero-order valence-electron chi connectivity index (χ0n) is 27.4. The average Bonchev–Trinajstić information content (AvgIpc) is 3.56. The summed E-state index contributed by atoms with van der Waals surface area (Å²) in [6.45, 7) is 12.0. The first kappa shape index (κ1) is 32.4. The third kappa shape index (κ3) is 6.40. The van der Waals surface area contributed by atoms with E-state index in [9.17, 15) is 15.3 Å². The Labute approximate surface area is 275 Å². The van der Waals surface area contributed by atoms with E-state index in [2.05, 4.69) is 65.6 Å². The molecule has 0 spiro atoms. The number of hydrogen-bond donors (Lipinski definition) is 2. The first-order valence-corrected chi connectivity index (χ1v) is 15.7. The third-order valence-electron chi connectivity index (χ3n) is 8.16. The van der Waals surface area contributed by atoms with E-state index in [4.69, 9.17) is 10.5 Å². The lowest BCUT2D eigenvalue weighted by atomic mass is 10.1. The van der Waals surface area contributed by atoms with E-state index in [1.807, 2.05) is 73.7 Å². The second kappa shape index (κ2) is 14.0. The summed E-state index contributed by atoms with van der Waals surface area (Å²) in [6.07, 6.45) is -0.476. The molecule has 3 N–H and O–H groups in total. The zero-order chi connectivity index (χ0) is 33.7. The van der Waals surface area contributed by atoms with Crippen molar-refractivity contribution in [3.63, 3.8) is 0 Å². The van der Waals surface area contributed by atoms with Crippen LogP contribution in [0.2, 0.25) is 0 Å². The largest absolute Gasteiger partial charge is 0.450 e. The summed E-state index contributed by atoms with van der Waals surface area (Å²) in [5.74, 6) is 0. The van der Waals surface area contributed by atoms with E-state index in [1.165, 1.54) is 5.56 Å². The maximum absolute atomic E-state index is 11.5. The molecule has 0 aliphatic carbocycles. The van der Waals surface area contributed by atoms with Crippen LogP contribution in [-0.4, -0.2) is 21.8 Å². The Morgan fingerprint density at radius 3 is 1.57 bits per heavy atom. The molecule has 0 radical (unpaired) electrons. The van der Waals surface area contributed by atoms with E-state index >= 15 is 0 Å². The molecule has 6 rings (SSSR count). The minimum absolute atomic E-state index is 0.325. The Morgan fingerprint density at radius 1 is 0.723 bits per heavy atom. The van der Waals surface area contributed by atoms with Gasteiger partial charge in [-0.15, -0.1) is 0 Å². The predicted octanol–water partition coefficient (Wildman–Crippen LogP) is 9.17. The average molecular weight is 623 g/mol. The van der Waals surface area contributed by atoms with Gasteiger partial charge < -0.3 is 19.6 Å². The second-order valence-electron chi connectivity index (χ2n) is 11.2. The van der Waals surface area contributed by atoms with E-state index in [0.717, 1.165) is 74.2 Å². The molecule has 0 bridgehead atoms. The van der Waals surface area contributed by atoms with Gasteiger partial charge in [0.25, 0.3) is 0 Å². The first-order valence-electron chi connectivity index (χ1n) is 15.7. The number of fused-ring (bicyclic) bond motifs is 2. The maximum Gasteiger partial charge on any atom is 0.411 e. The number of aromatic nitrogens is 2. The fourth-order valence-corrected chi connectivity index (χ4v) is 6.04. The summed E-state index contributed by atoms with van der Waals surface area (Å²) < 4.78 is 9.25. The Kier molecular flexibility index (Phi) is 9.63. The molecule has 0 unspecified atom stereocenters. The molecule has 47 heavy (non-hydrogen) atoms. The van der Waals surface area contributed by atoms with Gasteiger partial charge in [0.15, 0.2) is 0 Å². The van der Waals surface area contributed by atoms with E-state index < -0.39 is 6.09 Å². The molecule has 0 saturated carbocycles. The quantitative estimate of drug-likeness (QED) is 0.179. The summed E-state index contributed by atoms with van der Waals surface area (Å²) in [4.78, 5) is 11.5. The summed E-state index contributed by atoms with van der Waals surface area (Å²) in [6, 6.07) is 32.3. The SMILES string of the molecule is CCOC(=O)Nc1ccc(-c2c(C#N)c3ccc(C)cc3n2CC)cc1.CCn1c(-c2ccc(N)cc2)c(C#N)c2ccc(C)cc21. The number of nitrogens with one attached hydrogen (secondary N) is 1. The number of hydrogen-bond acceptors (Lipinski definition) is 5. The number of nitrogen functional groups attached to an aromatic ring is 1. The number of carbonyl (C=O) groups excluding carboxylic acids is 1. The maximum atomic E-state index is 11.5. The fraction of sp³-hybridized carbons (Fsp3) is 0.205. The van der Waals surface area contributed by atoms with Gasteiger partial charge in [-0.05, 0) is 93.3 Å². The van der Waals surface area contributed by atoms with Gasteiger partial charge in [-0.2, -0.15) is 10.5 Å². The van der Waals surface area contributed by atoms with Crippen LogP contribution in [0.1, 0.15) is 43.0 Å². The van der Waals surface area contributed by atoms with Crippen molar-refractivity contribution in [1.82, 2.24) is 9.13 Å². The fourth-order valence-electron chi connectivity index (χ4n) is 6.04. The lowest BCUT2D eigenvalue weighted by molar-refractivity contribution is 0.168. The molecule has 8 heteroatoms. The van der Waals surface area contributed by atoms with Gasteiger partial charge >= 0.3 is 6.09 Å². The van der Waals surface area contributed by atoms with Crippen molar-refractivity contribution in [3.05, 3.63) is 107 Å². The number of benzene rings is 4. The van der Waals surface area contributed by atoms with Crippen LogP contribution >= 0.6 is 0 Å². The van der Waals surface area contributed by atoms with Gasteiger partial charge in [-0.25, -0.2) is 4.79 Å². The van der Waals surface area contributed by atoms with E-state index in [-0.39, 0.29) is 0 Å². The smallest absolute Gasteiger partial charge is 0.411 e. The summed E-state index contributed by atoms with van der Waals surface area (Å²) in [7, 11) is 0. The Bertz CT molecular complexity index is 2160. The lowest BCUT2D eigenvalue weighted by Gasteiger charge is -2.10. The van der Waals surface area contributed by atoms with Crippen molar-refractivity contribution in [3.8, 4) is 34.7 Å². The number of nitrogens with zero attached hydrogens (tertiary/aromatic N) is 4. The molecule has 4 aromatic carbocycles. The molecule has 0 fully saturated rings. The van der Waals surface area contributed by atoms with E-state index in [0.29, 0.717) is 17.9 Å². The monoisotopic (exact) mass is 622 g/mol. The van der Waals surface area contributed by atoms with Crippen molar-refractivity contribution in [2.45, 2.75) is 47.7 Å². The molecule has 8 nitrogen and oxygen atoms in total. The molecular formula is C39H38N6O2. The molecule has 236 valence electrons. The standard InChI is InChI=1S/C21H21N3O2.C18H17N3/c1-4-24-19-12-14(3)6-11-17(19)18(13-22)20(24)15-7-9-16(10-8-15)23-21(25)26-5-2;1-3-21-17-10-12(2)4-9-15(17)16(11-19)18(21)13-5-7-14(20)8-6-13/h6-12H,4-5H2,1-3H3,(H,23,25);4-10H,3,20H2,1-2H3. The van der Waals surface area contributed by atoms with Gasteiger partial charge in [-0.1, -0.05) is 48.5 Å². The Balaban J connectivity index is 0.000000189. The van der Waals surface area contributed by atoms with Crippen LogP contribution in [0.5, 0.6) is 0 Å². The Morgan fingerprint density at radius 2 is 1.17 bits per heavy atom. The molecule has 0 aliphatic rings. The summed E-state index contributed by atoms with van der Waals surface area (Å²) >= 11 is 0. The van der Waals surface area contributed by atoms with Crippen LogP contribution in [-0.2, 0) is 17.8 Å². The van der Waals surface area contributed by atoms with Crippen LogP contribution in [0.4, 0.5) is 16.2 Å². The normalized spacial score (nSPS) is 10.6. The van der Waals surface area contributed by atoms with Crippen LogP contribution in [0.25, 0.3) is 44.3 Å². The topological polar surface area (TPSA) is 122 Å². The molecule has 1 amide bonds. The highest BCUT2D eigenvalue weighted by molar-refractivity contribution is 5.96. The summed E-state index contributed by atoms with van der Waals surface area (Å²) in [5.41, 5.74) is 16.9. The number of carbonyl (C=O) groups is 1. The van der Waals surface area contributed by atoms with Crippen molar-refractivity contribution < 1.29 is 9.53 Å². The van der Waals surface area contributed by atoms with Crippen molar-refractivity contribution in [2.24, 2.45) is 0 Å². The molecule has 2 heterocycles. The van der Waals surface area contributed by atoms with Gasteiger partial charge in [0.1, 0.15) is 12.1 Å². The van der Waals surface area contributed by atoms with Crippen LogP contribution in [0.3, 0.4) is 0 Å².